The first-order chi connectivity index (χ1) is 8.66. The molecular weight excluding hydrogens is 228 g/mol. The number of phenols is 1. The average molecular weight is 248 g/mol. The first kappa shape index (κ1) is 12.9. The molecule has 0 spiro atoms. The van der Waals surface area contributed by atoms with Crippen LogP contribution >= 0.6 is 0 Å². The maximum Gasteiger partial charge on any atom is 0.221 e. The summed E-state index contributed by atoms with van der Waals surface area (Å²) in [5, 5.41) is 15.9. The fourth-order valence-corrected chi connectivity index (χ4v) is 1.81. The van der Waals surface area contributed by atoms with E-state index in [1.807, 2.05) is 25.1 Å². The molecule has 0 saturated heterocycles. The van der Waals surface area contributed by atoms with Crippen LogP contribution in [-0.2, 0) is 11.3 Å². The van der Waals surface area contributed by atoms with Crippen LogP contribution in [-0.4, -0.2) is 23.6 Å². The van der Waals surface area contributed by atoms with Gasteiger partial charge in [-0.15, -0.1) is 0 Å². The number of carbonyl (C=O) groups is 1. The minimum atomic E-state index is 0.110. The summed E-state index contributed by atoms with van der Waals surface area (Å²) in [7, 11) is 0. The van der Waals surface area contributed by atoms with Crippen LogP contribution in [0.1, 0.15) is 30.4 Å². The molecule has 0 aliphatic heterocycles. The number of aryl methyl sites for hydroxylation is 1. The van der Waals surface area contributed by atoms with Crippen molar-refractivity contribution in [3.8, 4) is 5.75 Å². The maximum absolute atomic E-state index is 11.4. The Morgan fingerprint density at radius 3 is 2.94 bits per heavy atom. The molecular formula is C14H20N2O2. The Bertz CT molecular complexity index is 428. The van der Waals surface area contributed by atoms with Crippen molar-refractivity contribution < 1.29 is 9.90 Å². The normalized spacial score (nSPS) is 14.5. The van der Waals surface area contributed by atoms with Crippen molar-refractivity contribution in [3.05, 3.63) is 29.3 Å². The molecule has 1 saturated carbocycles. The summed E-state index contributed by atoms with van der Waals surface area (Å²) in [6, 6.07) is 6.12. The summed E-state index contributed by atoms with van der Waals surface area (Å²) in [4.78, 5) is 11.4. The zero-order valence-electron chi connectivity index (χ0n) is 10.7. The van der Waals surface area contributed by atoms with E-state index in [-0.39, 0.29) is 5.91 Å². The van der Waals surface area contributed by atoms with Gasteiger partial charge in [0, 0.05) is 31.1 Å². The Labute approximate surface area is 107 Å². The highest BCUT2D eigenvalue weighted by Crippen LogP contribution is 2.21. The van der Waals surface area contributed by atoms with Crippen molar-refractivity contribution in [3.63, 3.8) is 0 Å². The molecule has 3 N–H and O–H groups in total. The minimum absolute atomic E-state index is 0.110. The fourth-order valence-electron chi connectivity index (χ4n) is 1.81. The lowest BCUT2D eigenvalue weighted by Gasteiger charge is -2.08. The summed E-state index contributed by atoms with van der Waals surface area (Å²) in [6.07, 6.45) is 2.73. The molecule has 4 nitrogen and oxygen atoms in total. The molecule has 0 unspecified atom stereocenters. The Kier molecular flexibility index (Phi) is 4.20. The topological polar surface area (TPSA) is 61.4 Å². The van der Waals surface area contributed by atoms with E-state index in [4.69, 9.17) is 0 Å². The zero-order chi connectivity index (χ0) is 13.0. The Balaban J connectivity index is 1.68. The number of hydrogen-bond donors (Lipinski definition) is 3. The summed E-state index contributed by atoms with van der Waals surface area (Å²) in [6.45, 7) is 3.10. The number of nitrogens with one attached hydrogen (secondary N) is 2. The number of benzene rings is 1. The third-order valence-electron chi connectivity index (χ3n) is 3.11. The molecule has 98 valence electrons. The van der Waals surface area contributed by atoms with Crippen LogP contribution in [0.3, 0.4) is 0 Å². The van der Waals surface area contributed by atoms with E-state index in [1.54, 1.807) is 0 Å². The predicted octanol–water partition coefficient (Wildman–Crippen LogP) is 1.46. The zero-order valence-corrected chi connectivity index (χ0v) is 10.7. The summed E-state index contributed by atoms with van der Waals surface area (Å²) in [5.74, 6) is 0.450. The molecule has 0 radical (unpaired) electrons. The van der Waals surface area contributed by atoms with Gasteiger partial charge in [-0.2, -0.15) is 0 Å². The third kappa shape index (κ3) is 3.74. The third-order valence-corrected chi connectivity index (χ3v) is 3.11. The molecule has 1 fully saturated rings. The molecule has 1 aliphatic carbocycles. The molecule has 0 aromatic heterocycles. The van der Waals surface area contributed by atoms with E-state index < -0.39 is 0 Å². The molecule has 2 rings (SSSR count). The Morgan fingerprint density at radius 2 is 2.22 bits per heavy atom. The standard InChI is InChI=1S/C14H20N2O2/c1-10-3-2-4-11(14(10)18)9-15-8-7-13(17)16-12-5-6-12/h2-4,12,15,18H,5-9H2,1H3,(H,16,17). The SMILES string of the molecule is Cc1cccc(CNCCC(=O)NC2CC2)c1O. The molecule has 1 aliphatic rings. The van der Waals surface area contributed by atoms with Crippen molar-refractivity contribution in [1.29, 1.82) is 0 Å². The van der Waals surface area contributed by atoms with Crippen LogP contribution < -0.4 is 10.6 Å². The van der Waals surface area contributed by atoms with E-state index in [0.29, 0.717) is 31.3 Å². The van der Waals surface area contributed by atoms with Gasteiger partial charge in [0.25, 0.3) is 0 Å². The average Bonchev–Trinajstić information content (AvgIpc) is 3.13. The summed E-state index contributed by atoms with van der Waals surface area (Å²) >= 11 is 0. The smallest absolute Gasteiger partial charge is 0.221 e. The number of carbonyl (C=O) groups excluding carboxylic acids is 1. The molecule has 1 aromatic carbocycles. The van der Waals surface area contributed by atoms with Gasteiger partial charge in [-0.1, -0.05) is 18.2 Å². The van der Waals surface area contributed by atoms with E-state index in [0.717, 1.165) is 24.0 Å². The Hall–Kier alpha value is -1.55. The van der Waals surface area contributed by atoms with Crippen LogP contribution in [0.5, 0.6) is 5.75 Å². The lowest BCUT2D eigenvalue weighted by atomic mass is 10.1. The predicted molar refractivity (Wildman–Crippen MR) is 70.3 cm³/mol. The number of aromatic hydroxyl groups is 1. The number of hydrogen-bond acceptors (Lipinski definition) is 3. The molecule has 0 heterocycles. The van der Waals surface area contributed by atoms with Gasteiger partial charge < -0.3 is 15.7 Å². The van der Waals surface area contributed by atoms with E-state index in [1.165, 1.54) is 0 Å². The van der Waals surface area contributed by atoms with E-state index in [2.05, 4.69) is 10.6 Å². The molecule has 1 amide bonds. The lowest BCUT2D eigenvalue weighted by Crippen LogP contribution is -2.29. The molecule has 18 heavy (non-hydrogen) atoms. The highest BCUT2D eigenvalue weighted by molar-refractivity contribution is 5.76. The maximum atomic E-state index is 11.4. The van der Waals surface area contributed by atoms with Gasteiger partial charge in [0.1, 0.15) is 5.75 Å². The van der Waals surface area contributed by atoms with Gasteiger partial charge in [-0.3, -0.25) is 4.79 Å². The van der Waals surface area contributed by atoms with Gasteiger partial charge in [-0.25, -0.2) is 0 Å². The summed E-state index contributed by atoms with van der Waals surface area (Å²) < 4.78 is 0. The second kappa shape index (κ2) is 5.87. The van der Waals surface area contributed by atoms with E-state index in [9.17, 15) is 9.90 Å². The highest BCUT2D eigenvalue weighted by Gasteiger charge is 2.22. The van der Waals surface area contributed by atoms with Crippen LogP contribution in [0.15, 0.2) is 18.2 Å². The molecule has 4 heteroatoms. The quantitative estimate of drug-likeness (QED) is 0.668. The fraction of sp³-hybridized carbons (Fsp3) is 0.500. The van der Waals surface area contributed by atoms with Gasteiger partial charge in [0.15, 0.2) is 0 Å². The second-order valence-corrected chi connectivity index (χ2v) is 4.85. The van der Waals surface area contributed by atoms with Crippen LogP contribution in [0, 0.1) is 6.92 Å². The molecule has 0 bridgehead atoms. The number of rotatable bonds is 6. The summed E-state index contributed by atoms with van der Waals surface area (Å²) in [5.41, 5.74) is 1.75. The van der Waals surface area contributed by atoms with Gasteiger partial charge in [0.2, 0.25) is 5.91 Å². The van der Waals surface area contributed by atoms with Gasteiger partial charge in [0.05, 0.1) is 0 Å². The van der Waals surface area contributed by atoms with Crippen LogP contribution in [0.2, 0.25) is 0 Å². The number of para-hydroxylation sites is 1. The monoisotopic (exact) mass is 248 g/mol. The van der Waals surface area contributed by atoms with Crippen molar-refractivity contribution in [2.75, 3.05) is 6.54 Å². The van der Waals surface area contributed by atoms with Crippen LogP contribution in [0.4, 0.5) is 0 Å². The van der Waals surface area contributed by atoms with E-state index >= 15 is 0 Å². The first-order valence-corrected chi connectivity index (χ1v) is 6.44. The number of amides is 1. The van der Waals surface area contributed by atoms with Gasteiger partial charge >= 0.3 is 0 Å². The van der Waals surface area contributed by atoms with Crippen molar-refractivity contribution >= 4 is 5.91 Å². The molecule has 1 aromatic rings. The van der Waals surface area contributed by atoms with Gasteiger partial charge in [-0.05, 0) is 25.3 Å². The van der Waals surface area contributed by atoms with Crippen molar-refractivity contribution in [2.45, 2.75) is 38.8 Å². The van der Waals surface area contributed by atoms with Crippen molar-refractivity contribution in [2.24, 2.45) is 0 Å². The number of phenolic OH excluding ortho intramolecular Hbond substituents is 1. The van der Waals surface area contributed by atoms with Crippen LogP contribution in [0.25, 0.3) is 0 Å². The second-order valence-electron chi connectivity index (χ2n) is 4.85. The Morgan fingerprint density at radius 1 is 1.44 bits per heavy atom. The minimum Gasteiger partial charge on any atom is -0.507 e. The first-order valence-electron chi connectivity index (χ1n) is 6.44. The largest absolute Gasteiger partial charge is 0.507 e. The molecule has 0 atom stereocenters. The van der Waals surface area contributed by atoms with Crippen molar-refractivity contribution in [1.82, 2.24) is 10.6 Å². The lowest BCUT2D eigenvalue weighted by molar-refractivity contribution is -0.121. The highest BCUT2D eigenvalue weighted by atomic mass is 16.3.